The lowest BCUT2D eigenvalue weighted by atomic mass is 10.2. The highest BCUT2D eigenvalue weighted by Crippen LogP contribution is 2.30. The second-order valence-electron chi connectivity index (χ2n) is 4.68. The molecule has 1 aliphatic heterocycles. The van der Waals surface area contributed by atoms with Crippen LogP contribution in [0.2, 0.25) is 0 Å². The van der Waals surface area contributed by atoms with Crippen LogP contribution in [0.4, 0.5) is 4.39 Å². The van der Waals surface area contributed by atoms with Gasteiger partial charge in [0, 0.05) is 23.9 Å². The summed E-state index contributed by atoms with van der Waals surface area (Å²) in [5.74, 6) is 1.11. The number of methoxy groups -OCH3 is 1. The first kappa shape index (κ1) is 13.0. The van der Waals surface area contributed by atoms with E-state index in [0.29, 0.717) is 10.0 Å². The van der Waals surface area contributed by atoms with Crippen LogP contribution < -0.4 is 4.74 Å². The van der Waals surface area contributed by atoms with Crippen molar-refractivity contribution in [2.45, 2.75) is 24.6 Å². The van der Waals surface area contributed by atoms with Crippen LogP contribution in [0.3, 0.4) is 0 Å². The van der Waals surface area contributed by atoms with Crippen molar-refractivity contribution in [2.24, 2.45) is 0 Å². The summed E-state index contributed by atoms with van der Waals surface area (Å²) >= 11 is 7.33. The molecule has 1 atom stereocenters. The largest absolute Gasteiger partial charge is 0.494 e. The fourth-order valence-electron chi connectivity index (χ4n) is 2.49. The number of thioether (sulfide) groups is 1. The van der Waals surface area contributed by atoms with Gasteiger partial charge in [0.2, 0.25) is 0 Å². The van der Waals surface area contributed by atoms with Gasteiger partial charge in [-0.1, -0.05) is 0 Å². The van der Waals surface area contributed by atoms with Crippen molar-refractivity contribution in [3.63, 3.8) is 0 Å². The molecule has 0 amide bonds. The molecular weight excluding hydrogens is 283 g/mol. The third-order valence-corrected chi connectivity index (χ3v) is 5.16. The second kappa shape index (κ2) is 5.17. The molecule has 3 rings (SSSR count). The molecule has 102 valence electrons. The molecule has 1 unspecified atom stereocenters. The van der Waals surface area contributed by atoms with E-state index in [0.717, 1.165) is 17.6 Å². The SMILES string of the molecule is COc1cc2c(cc1F)[nH]c(=S)n2CC1CCCS1. The first-order chi connectivity index (χ1) is 9.19. The van der Waals surface area contributed by atoms with Crippen molar-refractivity contribution < 1.29 is 9.13 Å². The molecule has 1 aliphatic rings. The highest BCUT2D eigenvalue weighted by Gasteiger charge is 2.18. The Labute approximate surface area is 120 Å². The smallest absolute Gasteiger partial charge is 0.178 e. The minimum Gasteiger partial charge on any atom is -0.494 e. The van der Waals surface area contributed by atoms with Crippen molar-refractivity contribution >= 4 is 35.0 Å². The third-order valence-electron chi connectivity index (χ3n) is 3.46. The molecule has 0 aliphatic carbocycles. The monoisotopic (exact) mass is 298 g/mol. The number of hydrogen-bond acceptors (Lipinski definition) is 3. The first-order valence-electron chi connectivity index (χ1n) is 6.26. The molecule has 1 N–H and O–H groups in total. The van der Waals surface area contributed by atoms with Crippen LogP contribution in [-0.2, 0) is 6.54 Å². The molecule has 6 heteroatoms. The predicted molar refractivity (Wildman–Crippen MR) is 79.1 cm³/mol. The van der Waals surface area contributed by atoms with Crippen LogP contribution in [0.25, 0.3) is 11.0 Å². The number of fused-ring (bicyclic) bond motifs is 1. The van der Waals surface area contributed by atoms with Gasteiger partial charge < -0.3 is 14.3 Å². The van der Waals surface area contributed by atoms with Crippen molar-refractivity contribution in [3.8, 4) is 5.75 Å². The van der Waals surface area contributed by atoms with Gasteiger partial charge in [0.15, 0.2) is 16.3 Å². The van der Waals surface area contributed by atoms with Crippen LogP contribution in [0.5, 0.6) is 5.75 Å². The number of aromatic amines is 1. The molecule has 2 aromatic rings. The quantitative estimate of drug-likeness (QED) is 0.875. The van der Waals surface area contributed by atoms with E-state index in [9.17, 15) is 4.39 Å². The molecule has 19 heavy (non-hydrogen) atoms. The molecule has 0 spiro atoms. The van der Waals surface area contributed by atoms with E-state index in [2.05, 4.69) is 9.55 Å². The van der Waals surface area contributed by atoms with Crippen LogP contribution >= 0.6 is 24.0 Å². The Kier molecular flexibility index (Phi) is 3.54. The summed E-state index contributed by atoms with van der Waals surface area (Å²) < 4.78 is 21.4. The number of halogens is 1. The summed E-state index contributed by atoms with van der Waals surface area (Å²) in [6.45, 7) is 0.873. The number of imidazole rings is 1. The maximum absolute atomic E-state index is 13.7. The average molecular weight is 298 g/mol. The van der Waals surface area contributed by atoms with E-state index >= 15 is 0 Å². The van der Waals surface area contributed by atoms with Crippen LogP contribution in [0.1, 0.15) is 12.8 Å². The van der Waals surface area contributed by atoms with Gasteiger partial charge in [-0.15, -0.1) is 0 Å². The van der Waals surface area contributed by atoms with Gasteiger partial charge in [0.05, 0.1) is 18.1 Å². The van der Waals surface area contributed by atoms with E-state index in [1.165, 1.54) is 31.8 Å². The van der Waals surface area contributed by atoms with Gasteiger partial charge in [-0.2, -0.15) is 11.8 Å². The Morgan fingerprint density at radius 1 is 1.58 bits per heavy atom. The van der Waals surface area contributed by atoms with E-state index in [4.69, 9.17) is 17.0 Å². The zero-order chi connectivity index (χ0) is 13.4. The van der Waals surface area contributed by atoms with Crippen molar-refractivity contribution in [3.05, 3.63) is 22.7 Å². The van der Waals surface area contributed by atoms with Gasteiger partial charge in [-0.25, -0.2) is 4.39 Å². The third kappa shape index (κ3) is 2.39. The molecular formula is C13H15FN2OS2. The van der Waals surface area contributed by atoms with Gasteiger partial charge >= 0.3 is 0 Å². The number of hydrogen-bond donors (Lipinski definition) is 1. The van der Waals surface area contributed by atoms with Gasteiger partial charge in [0.1, 0.15) is 0 Å². The zero-order valence-corrected chi connectivity index (χ0v) is 12.2. The van der Waals surface area contributed by atoms with Crippen molar-refractivity contribution in [2.75, 3.05) is 12.9 Å². The second-order valence-corrected chi connectivity index (χ2v) is 6.47. The lowest BCUT2D eigenvalue weighted by Gasteiger charge is -2.11. The van der Waals surface area contributed by atoms with E-state index in [1.54, 1.807) is 6.07 Å². The first-order valence-corrected chi connectivity index (χ1v) is 7.72. The molecule has 1 fully saturated rings. The molecule has 0 saturated carbocycles. The normalized spacial score (nSPS) is 19.2. The number of aromatic nitrogens is 2. The van der Waals surface area contributed by atoms with Crippen LogP contribution in [0.15, 0.2) is 12.1 Å². The minimum atomic E-state index is -0.367. The highest BCUT2D eigenvalue weighted by molar-refractivity contribution is 8.00. The molecule has 0 bridgehead atoms. The standard InChI is InChI=1S/C13H15FN2OS2/c1-17-12-6-11-10(5-9(12)14)15-13(18)16(11)7-8-3-2-4-19-8/h5-6,8H,2-4,7H2,1H3,(H,15,18). The molecule has 0 radical (unpaired) electrons. The van der Waals surface area contributed by atoms with E-state index in [-0.39, 0.29) is 11.6 Å². The number of benzene rings is 1. The number of nitrogens with one attached hydrogen (secondary N) is 1. The zero-order valence-electron chi connectivity index (χ0n) is 10.6. The molecule has 3 nitrogen and oxygen atoms in total. The van der Waals surface area contributed by atoms with Crippen LogP contribution in [-0.4, -0.2) is 27.7 Å². The summed E-state index contributed by atoms with van der Waals surface area (Å²) in [6.07, 6.45) is 2.49. The van der Waals surface area contributed by atoms with Crippen LogP contribution in [0, 0.1) is 10.6 Å². The van der Waals surface area contributed by atoms with E-state index in [1.807, 2.05) is 11.8 Å². The maximum Gasteiger partial charge on any atom is 0.178 e. The Bertz CT molecular complexity index is 658. The lowest BCUT2D eigenvalue weighted by Crippen LogP contribution is -2.09. The highest BCUT2D eigenvalue weighted by atomic mass is 32.2. The number of rotatable bonds is 3. The maximum atomic E-state index is 13.7. The molecule has 1 aromatic heterocycles. The van der Waals surface area contributed by atoms with Crippen molar-refractivity contribution in [1.82, 2.24) is 9.55 Å². The number of H-pyrrole nitrogens is 1. The Balaban J connectivity index is 2.06. The Morgan fingerprint density at radius 3 is 3.11 bits per heavy atom. The molecule has 1 saturated heterocycles. The Hall–Kier alpha value is -1.01. The van der Waals surface area contributed by atoms with Crippen molar-refractivity contribution in [1.29, 1.82) is 0 Å². The topological polar surface area (TPSA) is 29.9 Å². The average Bonchev–Trinajstić information content (AvgIpc) is 2.98. The summed E-state index contributed by atoms with van der Waals surface area (Å²) in [5.41, 5.74) is 1.64. The lowest BCUT2D eigenvalue weighted by molar-refractivity contribution is 0.387. The fraction of sp³-hybridized carbons (Fsp3) is 0.462. The van der Waals surface area contributed by atoms with Gasteiger partial charge in [0.25, 0.3) is 0 Å². The number of ether oxygens (including phenoxy) is 1. The minimum absolute atomic E-state index is 0.259. The Morgan fingerprint density at radius 2 is 2.42 bits per heavy atom. The van der Waals surface area contributed by atoms with Gasteiger partial charge in [-0.3, -0.25) is 0 Å². The summed E-state index contributed by atoms with van der Waals surface area (Å²) in [6, 6.07) is 3.17. The summed E-state index contributed by atoms with van der Waals surface area (Å²) in [4.78, 5) is 3.07. The van der Waals surface area contributed by atoms with Gasteiger partial charge in [-0.05, 0) is 30.8 Å². The fourth-order valence-corrected chi connectivity index (χ4v) is 4.03. The number of nitrogens with zero attached hydrogens (tertiary/aromatic N) is 1. The molecule has 2 heterocycles. The summed E-state index contributed by atoms with van der Waals surface area (Å²) in [7, 11) is 1.47. The van der Waals surface area contributed by atoms with E-state index < -0.39 is 0 Å². The molecule has 1 aromatic carbocycles. The summed E-state index contributed by atoms with van der Waals surface area (Å²) in [5, 5.41) is 0.599. The predicted octanol–water partition coefficient (Wildman–Crippen LogP) is 3.74.